The van der Waals surface area contributed by atoms with Gasteiger partial charge in [-0.15, -0.1) is 13.2 Å². The largest absolute Gasteiger partial charge is 0.573 e. The topological polar surface area (TPSA) is 59.0 Å². The van der Waals surface area contributed by atoms with Gasteiger partial charge in [-0.2, -0.15) is 5.26 Å². The van der Waals surface area contributed by atoms with E-state index in [1.165, 1.54) is 6.07 Å². The molecule has 1 aromatic carbocycles. The van der Waals surface area contributed by atoms with E-state index >= 15 is 0 Å². The van der Waals surface area contributed by atoms with Crippen LogP contribution in [0.5, 0.6) is 5.75 Å². The Hall–Kier alpha value is -1.81. The van der Waals surface area contributed by atoms with E-state index in [4.69, 9.17) is 11.0 Å². The molecule has 0 spiro atoms. The maximum absolute atomic E-state index is 13.2. The van der Waals surface area contributed by atoms with Crippen LogP contribution in [0.25, 0.3) is 0 Å². The van der Waals surface area contributed by atoms with Crippen molar-refractivity contribution in [2.45, 2.75) is 18.8 Å². The van der Waals surface area contributed by atoms with Gasteiger partial charge in [-0.1, -0.05) is 6.07 Å². The van der Waals surface area contributed by atoms with Gasteiger partial charge in [-0.05, 0) is 17.7 Å². The first-order chi connectivity index (χ1) is 7.83. The minimum Gasteiger partial charge on any atom is -0.403 e. The molecule has 0 aromatic heterocycles. The van der Waals surface area contributed by atoms with E-state index in [2.05, 4.69) is 4.74 Å². The fourth-order valence-electron chi connectivity index (χ4n) is 1.17. The quantitative estimate of drug-likeness (QED) is 0.836. The summed E-state index contributed by atoms with van der Waals surface area (Å²) in [6.07, 6.45) is -5.00. The number of halogens is 4. The number of ether oxygens (including phenoxy) is 1. The average Bonchev–Trinajstić information content (AvgIpc) is 2.19. The van der Waals surface area contributed by atoms with Crippen molar-refractivity contribution in [3.63, 3.8) is 0 Å². The molecule has 0 aliphatic carbocycles. The van der Waals surface area contributed by atoms with Gasteiger partial charge in [0.15, 0.2) is 11.6 Å². The molecular formula is C10H8F4N2O. The number of hydrogen-bond acceptors (Lipinski definition) is 3. The lowest BCUT2D eigenvalue weighted by molar-refractivity contribution is -0.275. The summed E-state index contributed by atoms with van der Waals surface area (Å²) in [5.41, 5.74) is 5.73. The first-order valence-corrected chi connectivity index (χ1v) is 4.51. The van der Waals surface area contributed by atoms with Crippen molar-refractivity contribution < 1.29 is 22.3 Å². The predicted molar refractivity (Wildman–Crippen MR) is 50.2 cm³/mol. The predicted octanol–water partition coefficient (Wildman–Crippen LogP) is 2.64. The smallest absolute Gasteiger partial charge is 0.403 e. The third-order valence-corrected chi connectivity index (χ3v) is 1.92. The van der Waals surface area contributed by atoms with Gasteiger partial charge in [-0.25, -0.2) is 4.39 Å². The zero-order chi connectivity index (χ0) is 13.1. The highest BCUT2D eigenvalue weighted by molar-refractivity contribution is 5.31. The van der Waals surface area contributed by atoms with Gasteiger partial charge in [0.05, 0.1) is 12.5 Å². The van der Waals surface area contributed by atoms with E-state index in [9.17, 15) is 17.6 Å². The Morgan fingerprint density at radius 2 is 2.06 bits per heavy atom. The minimum atomic E-state index is -4.95. The SMILES string of the molecule is N#CCC(N)c1ccc(OC(F)(F)F)c(F)c1. The Kier molecular flexibility index (Phi) is 3.91. The summed E-state index contributed by atoms with van der Waals surface area (Å²) in [5, 5.41) is 8.38. The third kappa shape index (κ3) is 3.92. The molecule has 0 bridgehead atoms. The molecule has 1 rings (SSSR count). The third-order valence-electron chi connectivity index (χ3n) is 1.92. The monoisotopic (exact) mass is 248 g/mol. The molecular weight excluding hydrogens is 240 g/mol. The molecule has 0 amide bonds. The normalized spacial score (nSPS) is 12.9. The van der Waals surface area contributed by atoms with Crippen LogP contribution in [-0.2, 0) is 0 Å². The summed E-state index contributed by atoms with van der Waals surface area (Å²) in [7, 11) is 0. The van der Waals surface area contributed by atoms with E-state index in [-0.39, 0.29) is 12.0 Å². The number of benzene rings is 1. The van der Waals surface area contributed by atoms with Crippen molar-refractivity contribution in [1.29, 1.82) is 5.26 Å². The summed E-state index contributed by atoms with van der Waals surface area (Å²) in [6.45, 7) is 0. The van der Waals surface area contributed by atoms with Crippen LogP contribution in [0.1, 0.15) is 18.0 Å². The van der Waals surface area contributed by atoms with Gasteiger partial charge in [0.1, 0.15) is 0 Å². The second-order valence-electron chi connectivity index (χ2n) is 3.21. The molecule has 0 saturated heterocycles. The van der Waals surface area contributed by atoms with Crippen molar-refractivity contribution in [3.05, 3.63) is 29.6 Å². The maximum atomic E-state index is 13.2. The Morgan fingerprint density at radius 3 is 2.53 bits per heavy atom. The van der Waals surface area contributed by atoms with E-state index < -0.39 is 24.0 Å². The highest BCUT2D eigenvalue weighted by atomic mass is 19.4. The van der Waals surface area contributed by atoms with Gasteiger partial charge in [0.25, 0.3) is 0 Å². The summed E-state index contributed by atoms with van der Waals surface area (Å²) < 4.78 is 52.2. The van der Waals surface area contributed by atoms with Gasteiger partial charge in [0.2, 0.25) is 0 Å². The van der Waals surface area contributed by atoms with E-state index in [1.807, 2.05) is 0 Å². The molecule has 0 aliphatic rings. The minimum absolute atomic E-state index is 0.0566. The first kappa shape index (κ1) is 13.3. The molecule has 2 N–H and O–H groups in total. The number of nitrogens with two attached hydrogens (primary N) is 1. The standard InChI is InChI=1S/C10H8F4N2O/c11-7-5-6(8(16)3-4-15)1-2-9(7)17-10(12,13)14/h1-2,5,8H,3,16H2. The molecule has 17 heavy (non-hydrogen) atoms. The Balaban J connectivity index is 2.91. The van der Waals surface area contributed by atoms with E-state index in [0.29, 0.717) is 0 Å². The summed E-state index contributed by atoms with van der Waals surface area (Å²) in [5.74, 6) is -2.10. The van der Waals surface area contributed by atoms with E-state index in [1.54, 1.807) is 6.07 Å². The Labute approximate surface area is 94.4 Å². The molecule has 0 aliphatic heterocycles. The van der Waals surface area contributed by atoms with Crippen molar-refractivity contribution in [3.8, 4) is 11.8 Å². The Morgan fingerprint density at radius 1 is 1.41 bits per heavy atom. The molecule has 7 heteroatoms. The number of hydrogen-bond donors (Lipinski definition) is 1. The van der Waals surface area contributed by atoms with Crippen LogP contribution in [-0.4, -0.2) is 6.36 Å². The molecule has 1 aromatic rings. The summed E-state index contributed by atoms with van der Waals surface area (Å²) in [6, 6.07) is 3.88. The highest BCUT2D eigenvalue weighted by Crippen LogP contribution is 2.27. The van der Waals surface area contributed by atoms with Crippen LogP contribution in [0.2, 0.25) is 0 Å². The van der Waals surface area contributed by atoms with Crippen molar-refractivity contribution in [2.24, 2.45) is 5.73 Å². The lowest BCUT2D eigenvalue weighted by atomic mass is 10.1. The van der Waals surface area contributed by atoms with Crippen LogP contribution >= 0.6 is 0 Å². The van der Waals surface area contributed by atoms with Gasteiger partial charge < -0.3 is 10.5 Å². The first-order valence-electron chi connectivity index (χ1n) is 4.51. The molecule has 3 nitrogen and oxygen atoms in total. The van der Waals surface area contributed by atoms with Crippen LogP contribution in [0.3, 0.4) is 0 Å². The van der Waals surface area contributed by atoms with Crippen molar-refractivity contribution in [2.75, 3.05) is 0 Å². The van der Waals surface area contributed by atoms with E-state index in [0.717, 1.165) is 12.1 Å². The average molecular weight is 248 g/mol. The zero-order valence-electron chi connectivity index (χ0n) is 8.46. The second kappa shape index (κ2) is 5.01. The lowest BCUT2D eigenvalue weighted by Gasteiger charge is -2.12. The van der Waals surface area contributed by atoms with Gasteiger partial charge in [0, 0.05) is 6.04 Å². The zero-order valence-corrected chi connectivity index (χ0v) is 8.46. The molecule has 1 unspecified atom stereocenters. The van der Waals surface area contributed by atoms with Crippen molar-refractivity contribution in [1.82, 2.24) is 0 Å². The summed E-state index contributed by atoms with van der Waals surface area (Å²) in [4.78, 5) is 0. The number of alkyl halides is 3. The van der Waals surface area contributed by atoms with Crippen molar-refractivity contribution >= 4 is 0 Å². The fraction of sp³-hybridized carbons (Fsp3) is 0.300. The number of rotatable bonds is 3. The second-order valence-corrected chi connectivity index (χ2v) is 3.21. The van der Waals surface area contributed by atoms with Gasteiger partial charge in [-0.3, -0.25) is 0 Å². The number of nitrogens with zero attached hydrogens (tertiary/aromatic N) is 1. The summed E-state index contributed by atoms with van der Waals surface area (Å²) >= 11 is 0. The Bertz CT molecular complexity index is 439. The molecule has 0 saturated carbocycles. The molecule has 0 heterocycles. The van der Waals surface area contributed by atoms with Crippen LogP contribution in [0.15, 0.2) is 18.2 Å². The fourth-order valence-corrected chi connectivity index (χ4v) is 1.17. The number of nitriles is 1. The maximum Gasteiger partial charge on any atom is 0.573 e. The van der Waals surface area contributed by atoms with Crippen LogP contribution < -0.4 is 10.5 Å². The molecule has 0 radical (unpaired) electrons. The van der Waals surface area contributed by atoms with Crippen LogP contribution in [0.4, 0.5) is 17.6 Å². The molecule has 1 atom stereocenters. The molecule has 0 fully saturated rings. The molecule has 92 valence electrons. The lowest BCUT2D eigenvalue weighted by Crippen LogP contribution is -2.18. The van der Waals surface area contributed by atoms with Gasteiger partial charge >= 0.3 is 6.36 Å². The highest BCUT2D eigenvalue weighted by Gasteiger charge is 2.32. The van der Waals surface area contributed by atoms with Crippen LogP contribution in [0, 0.1) is 17.1 Å².